The molecule has 0 amide bonds. The lowest BCUT2D eigenvalue weighted by Crippen LogP contribution is -2.22. The first-order chi connectivity index (χ1) is 9.19. The van der Waals surface area contributed by atoms with Gasteiger partial charge in [-0.1, -0.05) is 12.1 Å². The van der Waals surface area contributed by atoms with Crippen molar-refractivity contribution in [3.05, 3.63) is 58.1 Å². The van der Waals surface area contributed by atoms with Gasteiger partial charge in [-0.15, -0.1) is 5.10 Å². The molecule has 0 aliphatic carbocycles. The highest BCUT2D eigenvalue weighted by Crippen LogP contribution is 2.07. The first-order valence-corrected chi connectivity index (χ1v) is 6.05. The quantitative estimate of drug-likeness (QED) is 0.828. The Hall–Kier alpha value is -2.17. The Morgan fingerprint density at radius 1 is 1.32 bits per heavy atom. The molecule has 0 saturated heterocycles. The summed E-state index contributed by atoms with van der Waals surface area (Å²) in [5.74, 6) is 0.166. The lowest BCUT2D eigenvalue weighted by Gasteiger charge is -2.06. The predicted octanol–water partition coefficient (Wildman–Crippen LogP) is 2.02. The van der Waals surface area contributed by atoms with Crippen molar-refractivity contribution in [2.45, 2.75) is 19.4 Å². The molecule has 5 heteroatoms. The van der Waals surface area contributed by atoms with Crippen LogP contribution in [-0.2, 0) is 13.0 Å². The second kappa shape index (κ2) is 6.13. The largest absolute Gasteiger partial charge is 0.480 e. The fraction of sp³-hybridized carbons (Fsp3) is 0.286. The average Bonchev–Trinajstić information content (AvgIpc) is 2.41. The molecular weight excluding hydrogens is 247 g/mol. The number of halogens is 1. The van der Waals surface area contributed by atoms with E-state index in [1.165, 1.54) is 36.1 Å². The fourth-order valence-corrected chi connectivity index (χ4v) is 1.82. The van der Waals surface area contributed by atoms with Crippen LogP contribution in [0, 0.1) is 5.82 Å². The monoisotopic (exact) mass is 262 g/mol. The van der Waals surface area contributed by atoms with Crippen LogP contribution in [0.4, 0.5) is 4.39 Å². The Labute approximate surface area is 110 Å². The molecule has 0 unspecified atom stereocenters. The summed E-state index contributed by atoms with van der Waals surface area (Å²) in [6.45, 7) is 0.479. The normalized spacial score (nSPS) is 10.4. The Balaban J connectivity index is 1.97. The molecule has 0 spiro atoms. The topological polar surface area (TPSA) is 44.1 Å². The highest BCUT2D eigenvalue weighted by atomic mass is 19.1. The summed E-state index contributed by atoms with van der Waals surface area (Å²) < 4.78 is 19.3. The molecule has 4 nitrogen and oxygen atoms in total. The Morgan fingerprint density at radius 3 is 2.89 bits per heavy atom. The first-order valence-electron chi connectivity index (χ1n) is 6.05. The molecule has 0 saturated carbocycles. The van der Waals surface area contributed by atoms with Crippen molar-refractivity contribution in [2.24, 2.45) is 0 Å². The predicted molar refractivity (Wildman–Crippen MR) is 69.8 cm³/mol. The van der Waals surface area contributed by atoms with E-state index in [0.717, 1.165) is 5.56 Å². The van der Waals surface area contributed by atoms with Crippen molar-refractivity contribution in [1.29, 1.82) is 0 Å². The third kappa shape index (κ3) is 3.64. The maximum atomic E-state index is 13.0. The van der Waals surface area contributed by atoms with E-state index in [9.17, 15) is 9.18 Å². The second-order valence-corrected chi connectivity index (χ2v) is 4.17. The lowest BCUT2D eigenvalue weighted by molar-refractivity contribution is 0.374. The van der Waals surface area contributed by atoms with E-state index in [1.54, 1.807) is 6.07 Å². The lowest BCUT2D eigenvalue weighted by atomic mass is 10.1. The van der Waals surface area contributed by atoms with Crippen LogP contribution in [0.15, 0.2) is 41.2 Å². The van der Waals surface area contributed by atoms with E-state index in [1.807, 2.05) is 6.07 Å². The minimum absolute atomic E-state index is 0.167. The molecule has 2 aromatic rings. The van der Waals surface area contributed by atoms with Crippen LogP contribution in [0.1, 0.15) is 12.0 Å². The number of nitrogens with zero attached hydrogens (tertiary/aromatic N) is 2. The summed E-state index contributed by atoms with van der Waals surface area (Å²) >= 11 is 0. The molecule has 1 aromatic carbocycles. The molecule has 100 valence electrons. The van der Waals surface area contributed by atoms with E-state index >= 15 is 0 Å². The van der Waals surface area contributed by atoms with Crippen LogP contribution in [0.3, 0.4) is 0 Å². The zero-order chi connectivity index (χ0) is 13.7. The number of hydrogen-bond acceptors (Lipinski definition) is 3. The number of methoxy groups -OCH3 is 1. The highest BCUT2D eigenvalue weighted by Gasteiger charge is 2.01. The van der Waals surface area contributed by atoms with Gasteiger partial charge in [0.1, 0.15) is 5.82 Å². The van der Waals surface area contributed by atoms with Gasteiger partial charge in [-0.3, -0.25) is 4.79 Å². The molecular formula is C14H15FN2O2. The molecule has 1 aromatic heterocycles. The van der Waals surface area contributed by atoms with Crippen molar-refractivity contribution in [3.8, 4) is 5.88 Å². The van der Waals surface area contributed by atoms with Gasteiger partial charge in [0, 0.05) is 18.7 Å². The molecule has 0 bridgehead atoms. The molecule has 0 radical (unpaired) electrons. The summed E-state index contributed by atoms with van der Waals surface area (Å²) in [6, 6.07) is 9.42. The van der Waals surface area contributed by atoms with Gasteiger partial charge < -0.3 is 4.74 Å². The van der Waals surface area contributed by atoms with E-state index in [4.69, 9.17) is 4.74 Å². The molecule has 0 fully saturated rings. The molecule has 0 atom stereocenters. The van der Waals surface area contributed by atoms with Crippen molar-refractivity contribution >= 4 is 0 Å². The fourth-order valence-electron chi connectivity index (χ4n) is 1.82. The highest BCUT2D eigenvalue weighted by molar-refractivity contribution is 5.16. The number of aromatic nitrogens is 2. The van der Waals surface area contributed by atoms with E-state index in [2.05, 4.69) is 5.10 Å². The number of ether oxygens (including phenoxy) is 1. The molecule has 0 N–H and O–H groups in total. The van der Waals surface area contributed by atoms with Crippen molar-refractivity contribution < 1.29 is 9.13 Å². The smallest absolute Gasteiger partial charge is 0.266 e. The van der Waals surface area contributed by atoms with Crippen molar-refractivity contribution in [3.63, 3.8) is 0 Å². The van der Waals surface area contributed by atoms with Gasteiger partial charge in [0.25, 0.3) is 5.56 Å². The van der Waals surface area contributed by atoms with Gasteiger partial charge in [0.15, 0.2) is 0 Å². The average molecular weight is 262 g/mol. The third-order valence-electron chi connectivity index (χ3n) is 2.78. The maximum absolute atomic E-state index is 13.0. The number of aryl methyl sites for hydroxylation is 2. The van der Waals surface area contributed by atoms with Crippen LogP contribution >= 0.6 is 0 Å². The zero-order valence-electron chi connectivity index (χ0n) is 10.7. The van der Waals surface area contributed by atoms with Gasteiger partial charge in [-0.25, -0.2) is 9.07 Å². The summed E-state index contributed by atoms with van der Waals surface area (Å²) in [5, 5.41) is 4.05. The van der Waals surface area contributed by atoms with Crippen LogP contribution in [-0.4, -0.2) is 16.9 Å². The van der Waals surface area contributed by atoms with Crippen molar-refractivity contribution in [2.75, 3.05) is 7.11 Å². The summed E-state index contributed by atoms with van der Waals surface area (Å²) in [6.07, 6.45) is 1.41. The Bertz CT molecular complexity index is 610. The number of hydrogen-bond donors (Lipinski definition) is 0. The SMILES string of the molecule is COc1ccc(=O)n(CCCc2cccc(F)c2)n1. The number of rotatable bonds is 5. The molecule has 2 rings (SSSR count). The minimum Gasteiger partial charge on any atom is -0.480 e. The first kappa shape index (κ1) is 13.3. The zero-order valence-corrected chi connectivity index (χ0v) is 10.7. The van der Waals surface area contributed by atoms with E-state index in [-0.39, 0.29) is 11.4 Å². The summed E-state index contributed by atoms with van der Waals surface area (Å²) in [5.41, 5.74) is 0.746. The molecule has 0 aliphatic rings. The van der Waals surface area contributed by atoms with Gasteiger partial charge >= 0.3 is 0 Å². The Kier molecular flexibility index (Phi) is 4.28. The third-order valence-corrected chi connectivity index (χ3v) is 2.78. The van der Waals surface area contributed by atoms with Gasteiger partial charge in [0.2, 0.25) is 5.88 Å². The molecule has 1 heterocycles. The Morgan fingerprint density at radius 2 is 2.16 bits per heavy atom. The summed E-state index contributed by atoms with van der Waals surface area (Å²) in [7, 11) is 1.50. The van der Waals surface area contributed by atoms with E-state index < -0.39 is 0 Å². The van der Waals surface area contributed by atoms with Gasteiger partial charge in [0.05, 0.1) is 7.11 Å². The minimum atomic E-state index is -0.242. The molecule has 19 heavy (non-hydrogen) atoms. The van der Waals surface area contributed by atoms with Gasteiger partial charge in [-0.05, 0) is 30.5 Å². The maximum Gasteiger partial charge on any atom is 0.266 e. The van der Waals surface area contributed by atoms with Crippen LogP contribution in [0.5, 0.6) is 5.88 Å². The van der Waals surface area contributed by atoms with Crippen LogP contribution in [0.2, 0.25) is 0 Å². The standard InChI is InChI=1S/C14H15FN2O2/c1-19-13-7-8-14(18)17(16-13)9-3-5-11-4-2-6-12(15)10-11/h2,4,6-8,10H,3,5,9H2,1H3. The van der Waals surface area contributed by atoms with E-state index in [0.29, 0.717) is 25.3 Å². The summed E-state index contributed by atoms with van der Waals surface area (Å²) in [4.78, 5) is 11.6. The second-order valence-electron chi connectivity index (χ2n) is 4.17. The van der Waals surface area contributed by atoms with Crippen LogP contribution < -0.4 is 10.3 Å². The van der Waals surface area contributed by atoms with Crippen molar-refractivity contribution in [1.82, 2.24) is 9.78 Å². The van der Waals surface area contributed by atoms with Crippen LogP contribution in [0.25, 0.3) is 0 Å². The molecule has 0 aliphatic heterocycles. The number of benzene rings is 1. The van der Waals surface area contributed by atoms with Gasteiger partial charge in [-0.2, -0.15) is 0 Å².